The molecule has 0 aliphatic rings. The van der Waals surface area contributed by atoms with E-state index in [2.05, 4.69) is 15.5 Å². The number of unbranched alkanes of at least 4 members (excludes halogenated alkanes) is 1. The van der Waals surface area contributed by atoms with E-state index in [0.717, 1.165) is 4.80 Å². The highest BCUT2D eigenvalue weighted by molar-refractivity contribution is 5.75. The van der Waals surface area contributed by atoms with Gasteiger partial charge in [-0.2, -0.15) is 5.10 Å². The summed E-state index contributed by atoms with van der Waals surface area (Å²) in [5.41, 5.74) is 5.84. The van der Waals surface area contributed by atoms with E-state index in [1.165, 1.54) is 12.5 Å². The van der Waals surface area contributed by atoms with Gasteiger partial charge >= 0.3 is 12.0 Å². The molecule has 118 valence electrons. The molecule has 0 aromatic carbocycles. The Morgan fingerprint density at radius 1 is 1.45 bits per heavy atom. The Morgan fingerprint density at radius 2 is 2.27 bits per heavy atom. The molecule has 0 fully saturated rings. The molecule has 0 bridgehead atoms. The molecule has 0 radical (unpaired) electrons. The summed E-state index contributed by atoms with van der Waals surface area (Å²) in [7, 11) is 0. The third-order valence-corrected chi connectivity index (χ3v) is 2.98. The van der Waals surface area contributed by atoms with E-state index in [0.29, 0.717) is 37.3 Å². The number of nitrogens with one attached hydrogen (secondary N) is 1. The van der Waals surface area contributed by atoms with Crippen molar-refractivity contribution in [3.8, 4) is 11.5 Å². The lowest BCUT2D eigenvalue weighted by molar-refractivity contribution is -0.138. The van der Waals surface area contributed by atoms with E-state index in [1.807, 2.05) is 0 Å². The Hall–Kier alpha value is -2.68. The molecule has 2 aromatic rings. The molecule has 0 aliphatic heterocycles. The number of amides is 1. The molecular weight excluding hydrogens is 290 g/mol. The number of hydrogen-bond donors (Lipinski definition) is 3. The standard InChI is InChI=1S/C13H17N5O4/c14-9(12(19)20)4-1-2-6-15-13(21)18-16-8-10(17-18)11-5-3-7-22-11/h3,5,7-9H,1-2,4,6,14H2,(H,15,21)(H,19,20)/t9-/m0/s1. The number of rotatable bonds is 7. The van der Waals surface area contributed by atoms with E-state index in [4.69, 9.17) is 15.3 Å². The van der Waals surface area contributed by atoms with Crippen LogP contribution in [0.1, 0.15) is 19.3 Å². The van der Waals surface area contributed by atoms with Crippen molar-refractivity contribution in [3.05, 3.63) is 24.6 Å². The van der Waals surface area contributed by atoms with Crippen LogP contribution in [-0.2, 0) is 4.79 Å². The molecule has 2 rings (SSSR count). The Morgan fingerprint density at radius 3 is 2.95 bits per heavy atom. The van der Waals surface area contributed by atoms with Gasteiger partial charge in [-0.1, -0.05) is 4.80 Å². The fourth-order valence-corrected chi connectivity index (χ4v) is 1.78. The third-order valence-electron chi connectivity index (χ3n) is 2.98. The summed E-state index contributed by atoms with van der Waals surface area (Å²) < 4.78 is 5.16. The summed E-state index contributed by atoms with van der Waals surface area (Å²) in [6.45, 7) is 0.392. The molecule has 2 aromatic heterocycles. The van der Waals surface area contributed by atoms with Crippen LogP contribution in [0.15, 0.2) is 29.0 Å². The molecule has 0 saturated carbocycles. The molecule has 9 nitrogen and oxygen atoms in total. The minimum absolute atomic E-state index is 0.369. The van der Waals surface area contributed by atoms with Crippen molar-refractivity contribution in [2.75, 3.05) is 6.54 Å². The fraction of sp³-hybridized carbons (Fsp3) is 0.385. The number of carboxylic acids is 1. The van der Waals surface area contributed by atoms with Gasteiger partial charge in [-0.25, -0.2) is 4.79 Å². The monoisotopic (exact) mass is 307 g/mol. The van der Waals surface area contributed by atoms with Gasteiger partial charge < -0.3 is 20.6 Å². The number of carboxylic acid groups (broad SMARTS) is 1. The molecule has 0 saturated heterocycles. The van der Waals surface area contributed by atoms with Crippen LogP contribution >= 0.6 is 0 Å². The van der Waals surface area contributed by atoms with E-state index in [1.54, 1.807) is 12.1 Å². The van der Waals surface area contributed by atoms with Gasteiger partial charge in [0.2, 0.25) is 0 Å². The highest BCUT2D eigenvalue weighted by Crippen LogP contribution is 2.15. The van der Waals surface area contributed by atoms with Gasteiger partial charge in [0.1, 0.15) is 11.7 Å². The lowest BCUT2D eigenvalue weighted by Gasteiger charge is -2.06. The molecule has 0 spiro atoms. The maximum absolute atomic E-state index is 11.8. The first-order valence-corrected chi connectivity index (χ1v) is 6.80. The minimum atomic E-state index is -1.02. The molecule has 4 N–H and O–H groups in total. The van der Waals surface area contributed by atoms with Crippen LogP contribution in [0.4, 0.5) is 4.79 Å². The predicted octanol–water partition coefficient (Wildman–Crippen LogP) is 0.678. The number of carbonyl (C=O) groups is 2. The Bertz CT molecular complexity index is 622. The maximum atomic E-state index is 11.8. The summed E-state index contributed by atoms with van der Waals surface area (Å²) in [5.74, 6) is -0.489. The van der Waals surface area contributed by atoms with Crippen LogP contribution in [0, 0.1) is 0 Å². The van der Waals surface area contributed by atoms with Crippen molar-refractivity contribution in [3.63, 3.8) is 0 Å². The first-order chi connectivity index (χ1) is 10.6. The van der Waals surface area contributed by atoms with Crippen LogP contribution < -0.4 is 11.1 Å². The second kappa shape index (κ2) is 7.36. The van der Waals surface area contributed by atoms with Gasteiger partial charge in [0.15, 0.2) is 5.76 Å². The molecule has 1 atom stereocenters. The van der Waals surface area contributed by atoms with Crippen LogP contribution in [0.25, 0.3) is 11.5 Å². The second-order valence-electron chi connectivity index (χ2n) is 4.67. The largest absolute Gasteiger partial charge is 0.480 e. The fourth-order valence-electron chi connectivity index (χ4n) is 1.78. The number of carbonyl (C=O) groups excluding carboxylic acids is 1. The molecule has 1 amide bonds. The van der Waals surface area contributed by atoms with Crippen molar-refractivity contribution >= 4 is 12.0 Å². The first kappa shape index (κ1) is 15.7. The predicted molar refractivity (Wildman–Crippen MR) is 76.0 cm³/mol. The summed E-state index contributed by atoms with van der Waals surface area (Å²) in [5, 5.41) is 19.1. The second-order valence-corrected chi connectivity index (χ2v) is 4.67. The molecule has 22 heavy (non-hydrogen) atoms. The zero-order valence-corrected chi connectivity index (χ0v) is 11.8. The smallest absolute Gasteiger partial charge is 0.359 e. The average molecular weight is 307 g/mol. The lowest BCUT2D eigenvalue weighted by atomic mass is 10.1. The topological polar surface area (TPSA) is 136 Å². The summed E-state index contributed by atoms with van der Waals surface area (Å²) in [4.78, 5) is 23.3. The summed E-state index contributed by atoms with van der Waals surface area (Å²) in [6, 6.07) is 2.12. The summed E-state index contributed by atoms with van der Waals surface area (Å²) in [6.07, 6.45) is 4.55. The van der Waals surface area contributed by atoms with Gasteiger partial charge in [-0.15, -0.1) is 5.10 Å². The number of aliphatic carboxylic acids is 1. The van der Waals surface area contributed by atoms with Gasteiger partial charge in [-0.3, -0.25) is 4.79 Å². The number of nitrogens with two attached hydrogens (primary N) is 1. The number of aromatic nitrogens is 3. The van der Waals surface area contributed by atoms with Gasteiger partial charge in [-0.05, 0) is 31.4 Å². The van der Waals surface area contributed by atoms with Crippen molar-refractivity contribution in [1.29, 1.82) is 0 Å². The number of hydrogen-bond acceptors (Lipinski definition) is 6. The Balaban J connectivity index is 1.73. The lowest BCUT2D eigenvalue weighted by Crippen LogP contribution is -2.32. The quantitative estimate of drug-likeness (QED) is 0.640. The molecule has 2 heterocycles. The zero-order chi connectivity index (χ0) is 15.9. The van der Waals surface area contributed by atoms with E-state index < -0.39 is 18.0 Å². The summed E-state index contributed by atoms with van der Waals surface area (Å²) >= 11 is 0. The van der Waals surface area contributed by atoms with Crippen molar-refractivity contribution in [1.82, 2.24) is 20.3 Å². The number of nitrogens with zero attached hydrogens (tertiary/aromatic N) is 3. The third kappa shape index (κ3) is 4.16. The average Bonchev–Trinajstić information content (AvgIpc) is 3.16. The molecule has 9 heteroatoms. The number of furan rings is 1. The van der Waals surface area contributed by atoms with Crippen LogP contribution in [0.5, 0.6) is 0 Å². The molecular formula is C13H17N5O4. The molecule has 0 aliphatic carbocycles. The van der Waals surface area contributed by atoms with Crippen LogP contribution in [0.3, 0.4) is 0 Å². The molecule has 0 unspecified atom stereocenters. The van der Waals surface area contributed by atoms with E-state index in [-0.39, 0.29) is 0 Å². The van der Waals surface area contributed by atoms with Gasteiger partial charge in [0.25, 0.3) is 0 Å². The van der Waals surface area contributed by atoms with Gasteiger partial charge in [0.05, 0.1) is 12.5 Å². The first-order valence-electron chi connectivity index (χ1n) is 6.80. The zero-order valence-electron chi connectivity index (χ0n) is 11.8. The van der Waals surface area contributed by atoms with Crippen molar-refractivity contribution < 1.29 is 19.1 Å². The van der Waals surface area contributed by atoms with Crippen molar-refractivity contribution in [2.45, 2.75) is 25.3 Å². The Kier molecular flexibility index (Phi) is 5.26. The SMILES string of the molecule is N[C@@H](CCCCNC(=O)n1ncc(-c2ccco2)n1)C(=O)O. The van der Waals surface area contributed by atoms with Crippen LogP contribution in [0.2, 0.25) is 0 Å². The normalized spacial score (nSPS) is 12.0. The van der Waals surface area contributed by atoms with E-state index in [9.17, 15) is 9.59 Å². The maximum Gasteiger partial charge on any atom is 0.359 e. The minimum Gasteiger partial charge on any atom is -0.480 e. The Labute approximate surface area is 126 Å². The van der Waals surface area contributed by atoms with Crippen molar-refractivity contribution in [2.24, 2.45) is 5.73 Å². The highest BCUT2D eigenvalue weighted by Gasteiger charge is 2.12. The highest BCUT2D eigenvalue weighted by atomic mass is 16.4. The van der Waals surface area contributed by atoms with Gasteiger partial charge in [0, 0.05) is 6.54 Å². The van der Waals surface area contributed by atoms with Crippen LogP contribution in [-0.4, -0.2) is 44.7 Å². The van der Waals surface area contributed by atoms with E-state index >= 15 is 0 Å².